The second-order valence-electron chi connectivity index (χ2n) is 6.37. The van der Waals surface area contributed by atoms with Crippen LogP contribution in [-0.2, 0) is 21.4 Å². The van der Waals surface area contributed by atoms with Gasteiger partial charge in [0.2, 0.25) is 15.9 Å². The molecule has 0 aliphatic carbocycles. The van der Waals surface area contributed by atoms with Crippen molar-refractivity contribution in [1.82, 2.24) is 5.32 Å². The highest BCUT2D eigenvalue weighted by atomic mass is 32.2. The predicted molar refractivity (Wildman–Crippen MR) is 107 cm³/mol. The number of aryl methyl sites for hydroxylation is 1. The van der Waals surface area contributed by atoms with Crippen molar-refractivity contribution in [3.05, 3.63) is 59.7 Å². The summed E-state index contributed by atoms with van der Waals surface area (Å²) in [7, 11) is -1.82. The highest BCUT2D eigenvalue weighted by molar-refractivity contribution is 7.92. The van der Waals surface area contributed by atoms with Crippen molar-refractivity contribution in [3.63, 3.8) is 0 Å². The van der Waals surface area contributed by atoms with Crippen molar-refractivity contribution in [2.24, 2.45) is 0 Å². The maximum atomic E-state index is 12.1. The van der Waals surface area contributed by atoms with Crippen molar-refractivity contribution >= 4 is 21.6 Å². The van der Waals surface area contributed by atoms with Gasteiger partial charge in [0.15, 0.2) is 0 Å². The number of sulfonamides is 1. The van der Waals surface area contributed by atoms with Gasteiger partial charge < -0.3 is 10.1 Å². The zero-order valence-corrected chi connectivity index (χ0v) is 16.8. The Morgan fingerprint density at radius 1 is 1.15 bits per heavy atom. The number of amides is 1. The highest BCUT2D eigenvalue weighted by Crippen LogP contribution is 2.20. The van der Waals surface area contributed by atoms with Crippen molar-refractivity contribution in [2.75, 3.05) is 24.2 Å². The molecule has 7 heteroatoms. The molecule has 2 rings (SSSR count). The summed E-state index contributed by atoms with van der Waals surface area (Å²) in [6, 6.07) is 14.8. The number of methoxy groups -OCH3 is 1. The number of nitrogens with zero attached hydrogens (tertiary/aromatic N) is 1. The third kappa shape index (κ3) is 6.29. The van der Waals surface area contributed by atoms with Gasteiger partial charge in [0.1, 0.15) is 5.75 Å². The summed E-state index contributed by atoms with van der Waals surface area (Å²) in [6.07, 6.45) is 1.85. The normalized spacial score (nSPS) is 11.1. The first-order chi connectivity index (χ1) is 12.8. The van der Waals surface area contributed by atoms with Crippen molar-refractivity contribution < 1.29 is 17.9 Å². The summed E-state index contributed by atoms with van der Waals surface area (Å²) in [4.78, 5) is 12.1. The van der Waals surface area contributed by atoms with Crippen LogP contribution in [0, 0.1) is 6.92 Å². The van der Waals surface area contributed by atoms with Crippen LogP contribution in [0.25, 0.3) is 0 Å². The van der Waals surface area contributed by atoms with Crippen molar-refractivity contribution in [2.45, 2.75) is 26.3 Å². The van der Waals surface area contributed by atoms with Gasteiger partial charge in [-0.15, -0.1) is 0 Å². The van der Waals surface area contributed by atoms with Crippen LogP contribution in [0.2, 0.25) is 0 Å². The lowest BCUT2D eigenvalue weighted by atomic mass is 10.2. The molecule has 0 aliphatic heterocycles. The third-order valence-electron chi connectivity index (χ3n) is 4.12. The zero-order chi connectivity index (χ0) is 19.9. The topological polar surface area (TPSA) is 75.7 Å². The second kappa shape index (κ2) is 9.41. The van der Waals surface area contributed by atoms with Crippen LogP contribution in [0.4, 0.5) is 5.69 Å². The summed E-state index contributed by atoms with van der Waals surface area (Å²) in [5.41, 5.74) is 2.49. The number of para-hydroxylation sites is 1. The minimum Gasteiger partial charge on any atom is -0.496 e. The number of hydrogen-bond donors (Lipinski definition) is 1. The van der Waals surface area contributed by atoms with Crippen molar-refractivity contribution in [3.8, 4) is 5.75 Å². The Morgan fingerprint density at radius 2 is 1.89 bits per heavy atom. The van der Waals surface area contributed by atoms with Crippen LogP contribution >= 0.6 is 0 Å². The van der Waals surface area contributed by atoms with Crippen LogP contribution in [0.3, 0.4) is 0 Å². The Bertz CT molecular complexity index is 881. The highest BCUT2D eigenvalue weighted by Gasteiger charge is 2.17. The number of carbonyl (C=O) groups is 1. The Hall–Kier alpha value is -2.54. The van der Waals surface area contributed by atoms with E-state index in [4.69, 9.17) is 4.74 Å². The largest absolute Gasteiger partial charge is 0.496 e. The number of nitrogens with one attached hydrogen (secondary N) is 1. The number of anilines is 1. The predicted octanol–water partition coefficient (Wildman–Crippen LogP) is 2.87. The quantitative estimate of drug-likeness (QED) is 0.714. The average molecular weight is 391 g/mol. The SMILES string of the molecule is COc1ccccc1CNC(=O)CCCN(c1cccc(C)c1)S(C)(=O)=O. The fourth-order valence-corrected chi connectivity index (χ4v) is 3.74. The molecule has 0 atom stereocenters. The Labute approximate surface area is 161 Å². The molecule has 6 nitrogen and oxygen atoms in total. The molecule has 0 fully saturated rings. The van der Waals surface area contributed by atoms with Crippen LogP contribution in [-0.4, -0.2) is 34.2 Å². The summed E-state index contributed by atoms with van der Waals surface area (Å²) in [6.45, 7) is 2.54. The van der Waals surface area contributed by atoms with E-state index in [0.29, 0.717) is 18.7 Å². The van der Waals surface area contributed by atoms with Crippen LogP contribution in [0.5, 0.6) is 5.75 Å². The first-order valence-corrected chi connectivity index (χ1v) is 10.6. The average Bonchev–Trinajstić information content (AvgIpc) is 2.62. The molecule has 0 spiro atoms. The molecule has 0 radical (unpaired) electrons. The summed E-state index contributed by atoms with van der Waals surface area (Å²) >= 11 is 0. The van der Waals surface area contributed by atoms with Crippen molar-refractivity contribution in [1.29, 1.82) is 0 Å². The monoisotopic (exact) mass is 390 g/mol. The Balaban J connectivity index is 1.90. The lowest BCUT2D eigenvalue weighted by Crippen LogP contribution is -2.32. The molecule has 0 heterocycles. The third-order valence-corrected chi connectivity index (χ3v) is 5.32. The maximum absolute atomic E-state index is 12.1. The Kier molecular flexibility index (Phi) is 7.24. The molecule has 2 aromatic carbocycles. The number of rotatable bonds is 9. The van der Waals surface area contributed by atoms with E-state index in [9.17, 15) is 13.2 Å². The lowest BCUT2D eigenvalue weighted by molar-refractivity contribution is -0.121. The molecule has 1 N–H and O–H groups in total. The van der Waals surface area contributed by atoms with Gasteiger partial charge in [0.25, 0.3) is 0 Å². The van der Waals surface area contributed by atoms with Gasteiger partial charge >= 0.3 is 0 Å². The van der Waals surface area contributed by atoms with Gasteiger partial charge in [0, 0.05) is 25.1 Å². The minimum atomic E-state index is -3.41. The minimum absolute atomic E-state index is 0.126. The van der Waals surface area contributed by atoms with E-state index in [0.717, 1.165) is 16.9 Å². The van der Waals surface area contributed by atoms with Gasteiger partial charge in [-0.1, -0.05) is 30.3 Å². The van der Waals surface area contributed by atoms with Gasteiger partial charge in [-0.25, -0.2) is 8.42 Å². The molecule has 27 heavy (non-hydrogen) atoms. The molecule has 0 saturated heterocycles. The number of hydrogen-bond acceptors (Lipinski definition) is 4. The van der Waals surface area contributed by atoms with Crippen LogP contribution in [0.15, 0.2) is 48.5 Å². The molecular weight excluding hydrogens is 364 g/mol. The van der Waals surface area contributed by atoms with E-state index in [1.165, 1.54) is 10.6 Å². The molecular formula is C20H26N2O4S. The van der Waals surface area contributed by atoms with Crippen LogP contribution < -0.4 is 14.4 Å². The molecule has 0 bridgehead atoms. The first-order valence-electron chi connectivity index (χ1n) is 8.74. The van der Waals surface area contributed by atoms with Gasteiger partial charge in [-0.05, 0) is 37.1 Å². The van der Waals surface area contributed by atoms with Crippen LogP contribution in [0.1, 0.15) is 24.0 Å². The molecule has 2 aromatic rings. The molecule has 0 unspecified atom stereocenters. The van der Waals surface area contributed by atoms with E-state index >= 15 is 0 Å². The zero-order valence-electron chi connectivity index (χ0n) is 15.9. The Morgan fingerprint density at radius 3 is 2.56 bits per heavy atom. The standard InChI is InChI=1S/C20H26N2O4S/c1-16-8-6-10-18(14-16)22(27(3,24)25)13-7-12-20(23)21-15-17-9-4-5-11-19(17)26-2/h4-6,8-11,14H,7,12-13,15H2,1-3H3,(H,21,23). The van der Waals surface area contributed by atoms with Gasteiger partial charge in [-0.3, -0.25) is 9.10 Å². The van der Waals surface area contributed by atoms with Gasteiger partial charge in [0.05, 0.1) is 19.1 Å². The summed E-state index contributed by atoms with van der Waals surface area (Å²) < 4.78 is 30.8. The number of benzene rings is 2. The maximum Gasteiger partial charge on any atom is 0.232 e. The van der Waals surface area contributed by atoms with Gasteiger partial charge in [-0.2, -0.15) is 0 Å². The molecule has 0 aliphatic rings. The fourth-order valence-electron chi connectivity index (χ4n) is 2.78. The molecule has 1 amide bonds. The number of carbonyl (C=O) groups excluding carboxylic acids is 1. The number of ether oxygens (including phenoxy) is 1. The van der Waals surface area contributed by atoms with E-state index < -0.39 is 10.0 Å². The van der Waals surface area contributed by atoms with E-state index in [1.54, 1.807) is 13.2 Å². The first kappa shape index (κ1) is 20.8. The summed E-state index contributed by atoms with van der Waals surface area (Å²) in [5.74, 6) is 0.596. The summed E-state index contributed by atoms with van der Waals surface area (Å²) in [5, 5.41) is 2.85. The smallest absolute Gasteiger partial charge is 0.232 e. The lowest BCUT2D eigenvalue weighted by Gasteiger charge is -2.22. The molecule has 146 valence electrons. The van der Waals surface area contributed by atoms with E-state index in [-0.39, 0.29) is 18.9 Å². The molecule has 0 saturated carbocycles. The fraction of sp³-hybridized carbons (Fsp3) is 0.350. The second-order valence-corrected chi connectivity index (χ2v) is 8.27. The molecule has 0 aromatic heterocycles. The van der Waals surface area contributed by atoms with E-state index in [2.05, 4.69) is 5.32 Å². The van der Waals surface area contributed by atoms with E-state index in [1.807, 2.05) is 49.4 Å².